The second-order valence-electron chi connectivity index (χ2n) is 9.88. The highest BCUT2D eigenvalue weighted by Crippen LogP contribution is 2.50. The third kappa shape index (κ3) is 8.49. The average molecular weight is 553 g/mol. The van der Waals surface area contributed by atoms with Crippen LogP contribution in [0.1, 0.15) is 48.5 Å². The Labute approximate surface area is 228 Å². The van der Waals surface area contributed by atoms with Crippen molar-refractivity contribution >= 4 is 40.5 Å². The Morgan fingerprint density at radius 1 is 1.14 bits per heavy atom. The first-order valence-corrected chi connectivity index (χ1v) is 14.7. The van der Waals surface area contributed by atoms with E-state index in [1.54, 1.807) is 16.4 Å². The summed E-state index contributed by atoms with van der Waals surface area (Å²) in [6.07, 6.45) is 3.86. The van der Waals surface area contributed by atoms with Gasteiger partial charge in [0.15, 0.2) is 0 Å². The Kier molecular flexibility index (Phi) is 10.9. The number of aliphatic hydroxyl groups is 1. The molecule has 10 heteroatoms. The smallest absolute Gasteiger partial charge is 0.251 e. The second-order valence-corrected chi connectivity index (χ2v) is 12.0. The molecule has 2 aromatic rings. The topological polar surface area (TPSA) is 117 Å². The van der Waals surface area contributed by atoms with Crippen LogP contribution < -0.4 is 20.3 Å². The van der Waals surface area contributed by atoms with Crippen LogP contribution in [-0.2, 0) is 6.42 Å². The number of halogens is 1. The largest absolute Gasteiger partial charge is 0.390 e. The number of nitrogens with zero attached hydrogens (tertiary/aromatic N) is 1. The molecule has 37 heavy (non-hydrogen) atoms. The van der Waals surface area contributed by atoms with Crippen molar-refractivity contribution in [1.29, 1.82) is 0 Å². The van der Waals surface area contributed by atoms with Crippen molar-refractivity contribution < 1.29 is 19.0 Å². The van der Waals surface area contributed by atoms with E-state index < -0.39 is 22.9 Å². The molecule has 2 aliphatic rings. The van der Waals surface area contributed by atoms with Crippen molar-refractivity contribution in [2.24, 2.45) is 5.92 Å². The van der Waals surface area contributed by atoms with E-state index in [-0.39, 0.29) is 18.3 Å². The number of amides is 1. The number of hydrogen-bond donors (Lipinski definition) is 6. The molecule has 0 spiro atoms. The summed E-state index contributed by atoms with van der Waals surface area (Å²) in [5.41, 5.74) is 2.81. The van der Waals surface area contributed by atoms with Gasteiger partial charge >= 0.3 is 0 Å². The summed E-state index contributed by atoms with van der Waals surface area (Å²) in [6, 6.07) is 14.7. The summed E-state index contributed by atoms with van der Waals surface area (Å²) in [4.78, 5) is 13.5. The molecule has 1 aliphatic carbocycles. The number of carbonyl (C=O) groups is 1. The van der Waals surface area contributed by atoms with Crippen molar-refractivity contribution in [3.63, 3.8) is 0 Å². The Hall–Kier alpha value is -2.01. The minimum absolute atomic E-state index is 0. The van der Waals surface area contributed by atoms with Gasteiger partial charge in [0.25, 0.3) is 5.91 Å². The molecule has 206 valence electrons. The fourth-order valence-electron chi connectivity index (χ4n) is 4.60. The predicted molar refractivity (Wildman–Crippen MR) is 155 cm³/mol. The molecule has 0 unspecified atom stereocenters. The van der Waals surface area contributed by atoms with Crippen LogP contribution in [0.25, 0.3) is 0 Å². The van der Waals surface area contributed by atoms with Gasteiger partial charge in [0.05, 0.1) is 23.6 Å². The van der Waals surface area contributed by atoms with E-state index in [4.69, 9.17) is 0 Å². The first-order chi connectivity index (χ1) is 17.4. The Bertz CT molecular complexity index is 1010. The standard InChI is InChI=1S/C27H40N4O4S.ClH/c1-2-29-23-15-22(16-24(17-23)31-12-6-7-13-36(31,34)35)27(33)30-25(14-20-8-4-3-5-9-20)26(32)19-28-18-21-10-11-21;/h3-5,8-9,15-17,21,25-26,28-29,32,34-35H,2,6-7,10-14,18-19H2,1H3,(H,30,33);1H/t25-,26-;/m0./s1. The molecule has 2 aromatic carbocycles. The summed E-state index contributed by atoms with van der Waals surface area (Å²) >= 11 is 0. The van der Waals surface area contributed by atoms with E-state index in [2.05, 4.69) is 16.0 Å². The molecule has 1 saturated carbocycles. The van der Waals surface area contributed by atoms with Gasteiger partial charge in [0.2, 0.25) is 0 Å². The highest BCUT2D eigenvalue weighted by Gasteiger charge is 2.29. The number of carbonyl (C=O) groups excluding carboxylic acids is 1. The number of rotatable bonds is 12. The van der Waals surface area contributed by atoms with Gasteiger partial charge in [0, 0.05) is 30.9 Å². The van der Waals surface area contributed by atoms with Crippen molar-refractivity contribution in [2.75, 3.05) is 41.6 Å². The van der Waals surface area contributed by atoms with Crippen LogP contribution in [0.5, 0.6) is 0 Å². The fraction of sp³-hybridized carbons (Fsp3) is 0.519. The zero-order valence-corrected chi connectivity index (χ0v) is 23.1. The lowest BCUT2D eigenvalue weighted by Crippen LogP contribution is -2.49. The minimum Gasteiger partial charge on any atom is -0.390 e. The van der Waals surface area contributed by atoms with Crippen LogP contribution in [0, 0.1) is 5.92 Å². The van der Waals surface area contributed by atoms with Crippen LogP contribution in [-0.4, -0.2) is 64.2 Å². The van der Waals surface area contributed by atoms with Gasteiger partial charge in [-0.1, -0.05) is 30.3 Å². The zero-order valence-electron chi connectivity index (χ0n) is 21.4. The molecule has 6 N–H and O–H groups in total. The van der Waals surface area contributed by atoms with E-state index in [9.17, 15) is 19.0 Å². The molecule has 1 amide bonds. The van der Waals surface area contributed by atoms with Crippen LogP contribution in [0.2, 0.25) is 0 Å². The first kappa shape index (κ1) is 29.5. The molecule has 2 fully saturated rings. The molecule has 2 atom stereocenters. The van der Waals surface area contributed by atoms with Gasteiger partial charge in [-0.15, -0.1) is 23.2 Å². The van der Waals surface area contributed by atoms with Crippen molar-refractivity contribution in [2.45, 2.75) is 51.2 Å². The molecule has 0 aromatic heterocycles. The third-order valence-electron chi connectivity index (χ3n) is 6.79. The van der Waals surface area contributed by atoms with Crippen molar-refractivity contribution in [3.05, 3.63) is 59.7 Å². The van der Waals surface area contributed by atoms with Gasteiger partial charge in [-0.25, -0.2) is 0 Å². The minimum atomic E-state index is -2.91. The number of nitrogens with one attached hydrogen (secondary N) is 3. The number of hydrogen-bond acceptors (Lipinski definition) is 7. The van der Waals surface area contributed by atoms with Crippen LogP contribution in [0.15, 0.2) is 48.5 Å². The zero-order chi connectivity index (χ0) is 25.5. The highest BCUT2D eigenvalue weighted by molar-refractivity contribution is 8.25. The lowest BCUT2D eigenvalue weighted by Gasteiger charge is -2.47. The van der Waals surface area contributed by atoms with E-state index in [1.165, 1.54) is 12.8 Å². The second kappa shape index (κ2) is 13.7. The predicted octanol–water partition coefficient (Wildman–Crippen LogP) is 4.51. The summed E-state index contributed by atoms with van der Waals surface area (Å²) < 4.78 is 22.9. The quantitative estimate of drug-likeness (QED) is 0.229. The van der Waals surface area contributed by atoms with E-state index in [1.807, 2.05) is 43.3 Å². The average Bonchev–Trinajstić information content (AvgIpc) is 3.68. The maximum atomic E-state index is 13.5. The summed E-state index contributed by atoms with van der Waals surface area (Å²) in [6.45, 7) is 4.47. The lowest BCUT2D eigenvalue weighted by molar-refractivity contribution is 0.0830. The molecule has 4 rings (SSSR count). The summed E-state index contributed by atoms with van der Waals surface area (Å²) in [7, 11) is -2.91. The Morgan fingerprint density at radius 2 is 1.89 bits per heavy atom. The fourth-order valence-corrected chi connectivity index (χ4v) is 6.28. The summed E-state index contributed by atoms with van der Waals surface area (Å²) in [5.74, 6) is 0.736. The molecule has 0 radical (unpaired) electrons. The van der Waals surface area contributed by atoms with Crippen LogP contribution in [0.3, 0.4) is 0 Å². The molecular weight excluding hydrogens is 512 g/mol. The molecule has 8 nitrogen and oxygen atoms in total. The van der Waals surface area contributed by atoms with Crippen molar-refractivity contribution in [1.82, 2.24) is 10.6 Å². The maximum absolute atomic E-state index is 13.5. The number of anilines is 2. The van der Waals surface area contributed by atoms with Gasteiger partial charge < -0.3 is 21.1 Å². The van der Waals surface area contributed by atoms with Gasteiger partial charge in [-0.3, -0.25) is 18.2 Å². The summed E-state index contributed by atoms with van der Waals surface area (Å²) in [5, 5.41) is 20.7. The first-order valence-electron chi connectivity index (χ1n) is 13.0. The van der Waals surface area contributed by atoms with Crippen LogP contribution in [0.4, 0.5) is 11.4 Å². The molecule has 1 saturated heterocycles. The third-order valence-corrected chi connectivity index (χ3v) is 8.73. The SMILES string of the molecule is CCNc1cc(C(=O)N[C@@H](Cc2ccccc2)[C@@H](O)CNCC2CC2)cc(N2CCCCS2(O)O)c1.Cl. The van der Waals surface area contributed by atoms with Crippen LogP contribution >= 0.6 is 23.2 Å². The Balaban J connectivity index is 0.00000380. The highest BCUT2D eigenvalue weighted by atomic mass is 35.5. The van der Waals surface area contributed by atoms with Gasteiger partial charge in [0.1, 0.15) is 0 Å². The van der Waals surface area contributed by atoms with Gasteiger partial charge in [-0.05, 0) is 75.3 Å². The lowest BCUT2D eigenvalue weighted by atomic mass is 10.00. The van der Waals surface area contributed by atoms with E-state index in [0.717, 1.165) is 30.6 Å². The van der Waals surface area contributed by atoms with Crippen molar-refractivity contribution in [3.8, 4) is 0 Å². The molecule has 1 heterocycles. The number of aliphatic hydroxyl groups excluding tert-OH is 1. The normalized spacial score (nSPS) is 19.3. The number of benzene rings is 2. The molecule has 0 bridgehead atoms. The molecular formula is C27H41ClN4O4S. The van der Waals surface area contributed by atoms with E-state index in [0.29, 0.717) is 49.0 Å². The Morgan fingerprint density at radius 3 is 2.57 bits per heavy atom. The maximum Gasteiger partial charge on any atom is 0.251 e. The van der Waals surface area contributed by atoms with Gasteiger partial charge in [-0.2, -0.15) is 0 Å². The monoisotopic (exact) mass is 552 g/mol. The molecule has 1 aliphatic heterocycles. The van der Waals surface area contributed by atoms with E-state index >= 15 is 0 Å².